The first kappa shape index (κ1) is 16.3. The fourth-order valence-corrected chi connectivity index (χ4v) is 3.38. The second kappa shape index (κ2) is 6.51. The Bertz CT molecular complexity index is 793. The molecule has 2 aromatic rings. The Hall–Kier alpha value is -2.56. The summed E-state index contributed by atoms with van der Waals surface area (Å²) < 4.78 is 0. The molecule has 0 unspecified atom stereocenters. The van der Waals surface area contributed by atoms with E-state index in [9.17, 15) is 9.59 Å². The van der Waals surface area contributed by atoms with Crippen LogP contribution in [-0.4, -0.2) is 52.3 Å². The van der Waals surface area contributed by atoms with Gasteiger partial charge in [-0.15, -0.1) is 0 Å². The van der Waals surface area contributed by atoms with Gasteiger partial charge in [-0.3, -0.25) is 9.59 Å². The summed E-state index contributed by atoms with van der Waals surface area (Å²) in [5, 5.41) is 1.14. The van der Waals surface area contributed by atoms with Gasteiger partial charge in [0.1, 0.15) is 0 Å². The lowest BCUT2D eigenvalue weighted by atomic mass is 10.1. The van der Waals surface area contributed by atoms with Crippen molar-refractivity contribution < 1.29 is 9.59 Å². The number of hydrogen-bond donors (Lipinski definition) is 1. The SMILES string of the molecule is C=CC(=O)N1CCN(C(=O)c2ccc3c(C)c[nH]c3c2)C[C@H]1CC. The molecule has 1 atom stereocenters. The second-order valence-electron chi connectivity index (χ2n) is 6.28. The van der Waals surface area contributed by atoms with E-state index >= 15 is 0 Å². The monoisotopic (exact) mass is 325 g/mol. The van der Waals surface area contributed by atoms with E-state index in [1.165, 1.54) is 11.6 Å². The first-order valence-electron chi connectivity index (χ1n) is 8.35. The Balaban J connectivity index is 1.79. The molecule has 1 aliphatic rings. The van der Waals surface area contributed by atoms with Gasteiger partial charge in [-0.2, -0.15) is 0 Å². The van der Waals surface area contributed by atoms with Crippen LogP contribution in [0.15, 0.2) is 37.1 Å². The molecule has 3 rings (SSSR count). The normalized spacial score (nSPS) is 18.0. The average molecular weight is 325 g/mol. The molecule has 0 saturated carbocycles. The number of benzene rings is 1. The lowest BCUT2D eigenvalue weighted by molar-refractivity contribution is -0.130. The molecular formula is C19H23N3O2. The molecule has 5 nitrogen and oxygen atoms in total. The third-order valence-corrected chi connectivity index (χ3v) is 4.83. The highest BCUT2D eigenvalue weighted by molar-refractivity contribution is 5.98. The summed E-state index contributed by atoms with van der Waals surface area (Å²) >= 11 is 0. The Labute approximate surface area is 141 Å². The van der Waals surface area contributed by atoms with E-state index in [-0.39, 0.29) is 17.9 Å². The van der Waals surface area contributed by atoms with Crippen molar-refractivity contribution in [2.75, 3.05) is 19.6 Å². The molecule has 2 heterocycles. The number of amides is 2. The van der Waals surface area contributed by atoms with Crippen LogP contribution in [0.25, 0.3) is 10.9 Å². The third-order valence-electron chi connectivity index (χ3n) is 4.83. The Kier molecular flexibility index (Phi) is 4.42. The molecule has 1 aromatic carbocycles. The fourth-order valence-electron chi connectivity index (χ4n) is 3.38. The third kappa shape index (κ3) is 2.82. The van der Waals surface area contributed by atoms with Gasteiger partial charge in [0.15, 0.2) is 0 Å². The maximum atomic E-state index is 12.8. The molecule has 1 aliphatic heterocycles. The van der Waals surface area contributed by atoms with E-state index in [2.05, 4.69) is 11.6 Å². The van der Waals surface area contributed by atoms with Crippen LogP contribution >= 0.6 is 0 Å². The molecule has 0 spiro atoms. The largest absolute Gasteiger partial charge is 0.361 e. The number of aromatic nitrogens is 1. The molecule has 1 N–H and O–H groups in total. The van der Waals surface area contributed by atoms with Crippen LogP contribution in [0.4, 0.5) is 0 Å². The predicted octanol–water partition coefficient (Wildman–Crippen LogP) is 2.73. The van der Waals surface area contributed by atoms with Crippen LogP contribution in [0, 0.1) is 6.92 Å². The lowest BCUT2D eigenvalue weighted by Gasteiger charge is -2.40. The quantitative estimate of drug-likeness (QED) is 0.882. The molecule has 1 saturated heterocycles. The molecule has 24 heavy (non-hydrogen) atoms. The topological polar surface area (TPSA) is 56.4 Å². The van der Waals surface area contributed by atoms with E-state index in [1.54, 1.807) is 0 Å². The van der Waals surface area contributed by atoms with Crippen LogP contribution in [-0.2, 0) is 4.79 Å². The number of hydrogen-bond acceptors (Lipinski definition) is 2. The van der Waals surface area contributed by atoms with E-state index in [4.69, 9.17) is 0 Å². The Morgan fingerprint density at radius 3 is 2.88 bits per heavy atom. The molecule has 1 fully saturated rings. The zero-order chi connectivity index (χ0) is 17.3. The number of piperazine rings is 1. The summed E-state index contributed by atoms with van der Waals surface area (Å²) in [6, 6.07) is 5.83. The van der Waals surface area contributed by atoms with Crippen LogP contribution in [0.5, 0.6) is 0 Å². The minimum absolute atomic E-state index is 0.0216. The number of nitrogens with zero attached hydrogens (tertiary/aromatic N) is 2. The van der Waals surface area contributed by atoms with Crippen molar-refractivity contribution in [1.82, 2.24) is 14.8 Å². The molecule has 1 aromatic heterocycles. The van der Waals surface area contributed by atoms with Gasteiger partial charge in [0.25, 0.3) is 5.91 Å². The number of rotatable bonds is 3. The maximum absolute atomic E-state index is 12.8. The lowest BCUT2D eigenvalue weighted by Crippen LogP contribution is -2.56. The Morgan fingerprint density at radius 2 is 2.17 bits per heavy atom. The van der Waals surface area contributed by atoms with Crippen molar-refractivity contribution >= 4 is 22.7 Å². The van der Waals surface area contributed by atoms with Crippen molar-refractivity contribution in [1.29, 1.82) is 0 Å². The van der Waals surface area contributed by atoms with Gasteiger partial charge in [0.05, 0.1) is 0 Å². The molecule has 126 valence electrons. The van der Waals surface area contributed by atoms with Gasteiger partial charge >= 0.3 is 0 Å². The maximum Gasteiger partial charge on any atom is 0.254 e. The number of fused-ring (bicyclic) bond motifs is 1. The van der Waals surface area contributed by atoms with Crippen molar-refractivity contribution in [3.05, 3.63) is 48.2 Å². The molecule has 0 aliphatic carbocycles. The highest BCUT2D eigenvalue weighted by Gasteiger charge is 2.30. The fraction of sp³-hybridized carbons (Fsp3) is 0.368. The van der Waals surface area contributed by atoms with Gasteiger partial charge < -0.3 is 14.8 Å². The van der Waals surface area contributed by atoms with Crippen LogP contribution in [0.2, 0.25) is 0 Å². The highest BCUT2D eigenvalue weighted by atomic mass is 16.2. The van der Waals surface area contributed by atoms with E-state index < -0.39 is 0 Å². The van der Waals surface area contributed by atoms with E-state index in [0.29, 0.717) is 25.2 Å². The summed E-state index contributed by atoms with van der Waals surface area (Å²) in [7, 11) is 0. The molecule has 0 radical (unpaired) electrons. The van der Waals surface area contributed by atoms with Gasteiger partial charge in [-0.1, -0.05) is 19.6 Å². The zero-order valence-corrected chi connectivity index (χ0v) is 14.2. The standard InChI is InChI=1S/C19H23N3O2/c1-4-15-12-21(8-9-22(15)18(23)5-2)19(24)14-6-7-16-13(3)11-20-17(16)10-14/h5-7,10-11,15,20H,2,4,8-9,12H2,1,3H3/t15-/m1/s1. The number of carbonyl (C=O) groups is 2. The van der Waals surface area contributed by atoms with Crippen molar-refractivity contribution in [2.45, 2.75) is 26.3 Å². The van der Waals surface area contributed by atoms with Crippen LogP contribution < -0.4 is 0 Å². The molecule has 0 bridgehead atoms. The Morgan fingerprint density at radius 1 is 1.38 bits per heavy atom. The van der Waals surface area contributed by atoms with E-state index in [1.807, 2.05) is 48.0 Å². The minimum atomic E-state index is -0.0581. The number of carbonyl (C=O) groups excluding carboxylic acids is 2. The number of H-pyrrole nitrogens is 1. The van der Waals surface area contributed by atoms with Crippen LogP contribution in [0.1, 0.15) is 29.3 Å². The average Bonchev–Trinajstić information content (AvgIpc) is 3.00. The first-order valence-corrected chi connectivity index (χ1v) is 8.35. The van der Waals surface area contributed by atoms with E-state index in [0.717, 1.165) is 17.3 Å². The number of nitrogens with one attached hydrogen (secondary N) is 1. The summed E-state index contributed by atoms with van der Waals surface area (Å²) in [6.45, 7) is 9.32. The zero-order valence-electron chi connectivity index (χ0n) is 14.2. The molecule has 5 heteroatoms. The summed E-state index contributed by atoms with van der Waals surface area (Å²) in [4.78, 5) is 31.6. The van der Waals surface area contributed by atoms with Gasteiger partial charge in [0.2, 0.25) is 5.91 Å². The first-order chi connectivity index (χ1) is 11.5. The van der Waals surface area contributed by atoms with Crippen molar-refractivity contribution in [3.63, 3.8) is 0 Å². The minimum Gasteiger partial charge on any atom is -0.361 e. The van der Waals surface area contributed by atoms with Gasteiger partial charge in [0, 0.05) is 48.3 Å². The van der Waals surface area contributed by atoms with Crippen molar-refractivity contribution in [2.24, 2.45) is 0 Å². The molecule has 2 amide bonds. The number of aromatic amines is 1. The number of aryl methyl sites for hydroxylation is 1. The van der Waals surface area contributed by atoms with Gasteiger partial charge in [-0.25, -0.2) is 0 Å². The van der Waals surface area contributed by atoms with Crippen molar-refractivity contribution in [3.8, 4) is 0 Å². The second-order valence-corrected chi connectivity index (χ2v) is 6.28. The summed E-state index contributed by atoms with van der Waals surface area (Å²) in [6.07, 6.45) is 4.12. The molecular weight excluding hydrogens is 302 g/mol. The summed E-state index contributed by atoms with van der Waals surface area (Å²) in [5.74, 6) is -0.0365. The predicted molar refractivity (Wildman–Crippen MR) is 94.9 cm³/mol. The summed E-state index contributed by atoms with van der Waals surface area (Å²) in [5.41, 5.74) is 2.83. The van der Waals surface area contributed by atoms with Gasteiger partial charge in [-0.05, 0) is 37.1 Å². The highest BCUT2D eigenvalue weighted by Crippen LogP contribution is 2.21. The van der Waals surface area contributed by atoms with Crippen LogP contribution in [0.3, 0.4) is 0 Å². The smallest absolute Gasteiger partial charge is 0.254 e.